The Morgan fingerprint density at radius 3 is 2.65 bits per heavy atom. The average molecular weight is 424 g/mol. The molecular formula is C21H31NO3Se. The molecule has 3 atom stereocenters. The van der Waals surface area contributed by atoms with Gasteiger partial charge in [0, 0.05) is 0 Å². The van der Waals surface area contributed by atoms with Gasteiger partial charge in [-0.1, -0.05) is 0 Å². The molecule has 2 fully saturated rings. The minimum absolute atomic E-state index is 0.0134. The Balaban J connectivity index is 1.63. The maximum absolute atomic E-state index is 11.2. The summed E-state index contributed by atoms with van der Waals surface area (Å²) < 4.78 is 7.69. The third-order valence-corrected chi connectivity index (χ3v) is 8.80. The number of rotatable bonds is 5. The molecule has 4 nitrogen and oxygen atoms in total. The summed E-state index contributed by atoms with van der Waals surface area (Å²) >= 11 is 0.111. The van der Waals surface area contributed by atoms with Crippen LogP contribution in [0.25, 0.3) is 0 Å². The zero-order valence-corrected chi connectivity index (χ0v) is 18.1. The number of para-hydroxylation sites is 1. The van der Waals surface area contributed by atoms with Gasteiger partial charge in [0.25, 0.3) is 0 Å². The van der Waals surface area contributed by atoms with Crippen LogP contribution >= 0.6 is 0 Å². The molecular weight excluding hydrogens is 393 g/mol. The van der Waals surface area contributed by atoms with E-state index in [0.717, 1.165) is 29.0 Å². The first-order chi connectivity index (χ1) is 12.2. The SMILES string of the molecule is CC1(C)CCC[C@]2(C)O[C@](C)(CC[Se]c3ccccc3[N+](=O)[O-])CC[C@@H]12. The molecule has 0 aromatic heterocycles. The minimum atomic E-state index is -0.258. The van der Waals surface area contributed by atoms with Crippen LogP contribution in [-0.4, -0.2) is 31.1 Å². The first kappa shape index (κ1) is 19.8. The van der Waals surface area contributed by atoms with E-state index < -0.39 is 0 Å². The number of ether oxygens (including phenoxy) is 1. The average Bonchev–Trinajstić information content (AvgIpc) is 2.53. The summed E-state index contributed by atoms with van der Waals surface area (Å²) in [5.74, 6) is 0.637. The summed E-state index contributed by atoms with van der Waals surface area (Å²) in [6.07, 6.45) is 7.03. The van der Waals surface area contributed by atoms with Crippen molar-refractivity contribution in [2.45, 2.75) is 82.7 Å². The van der Waals surface area contributed by atoms with E-state index in [1.165, 1.54) is 19.3 Å². The van der Waals surface area contributed by atoms with Gasteiger partial charge in [-0.3, -0.25) is 0 Å². The van der Waals surface area contributed by atoms with Crippen LogP contribution in [-0.2, 0) is 4.74 Å². The molecule has 2 aliphatic rings. The van der Waals surface area contributed by atoms with Gasteiger partial charge >= 0.3 is 163 Å². The van der Waals surface area contributed by atoms with Crippen molar-refractivity contribution in [2.75, 3.05) is 0 Å². The van der Waals surface area contributed by atoms with Crippen molar-refractivity contribution in [3.63, 3.8) is 0 Å². The number of nitro groups is 1. The maximum atomic E-state index is 11.2. The fourth-order valence-electron chi connectivity index (χ4n) is 5.23. The molecule has 1 aromatic rings. The molecule has 5 heteroatoms. The van der Waals surface area contributed by atoms with Crippen molar-refractivity contribution >= 4 is 25.1 Å². The van der Waals surface area contributed by atoms with E-state index in [1.807, 2.05) is 12.1 Å². The summed E-state index contributed by atoms with van der Waals surface area (Å²) in [5.41, 5.74) is 0.524. The van der Waals surface area contributed by atoms with Gasteiger partial charge in [-0.2, -0.15) is 0 Å². The molecule has 3 rings (SSSR count). The second-order valence-corrected chi connectivity index (χ2v) is 11.5. The molecule has 0 bridgehead atoms. The fourth-order valence-corrected chi connectivity index (χ4v) is 7.79. The summed E-state index contributed by atoms with van der Waals surface area (Å²) in [6.45, 7) is 9.38. The van der Waals surface area contributed by atoms with Crippen LogP contribution in [0.4, 0.5) is 5.69 Å². The van der Waals surface area contributed by atoms with Crippen LogP contribution in [0.2, 0.25) is 5.32 Å². The standard InChI is InChI=1S/C21H31NO3Se/c1-19(2)11-7-12-21(4)18(19)10-13-20(3,25-21)14-15-26-17-9-6-5-8-16(17)22(23)24/h5-6,8-9,18H,7,10-15H2,1-4H3/t18-,20-,21-/m0/s1. The molecule has 0 N–H and O–H groups in total. The van der Waals surface area contributed by atoms with E-state index in [-0.39, 0.29) is 36.8 Å². The Bertz CT molecular complexity index is 677. The molecule has 1 aliphatic heterocycles. The third-order valence-electron chi connectivity index (χ3n) is 6.57. The first-order valence-corrected chi connectivity index (χ1v) is 11.8. The predicted molar refractivity (Wildman–Crippen MR) is 106 cm³/mol. The molecule has 1 saturated heterocycles. The van der Waals surface area contributed by atoms with Crippen LogP contribution in [0.5, 0.6) is 0 Å². The summed E-state index contributed by atoms with van der Waals surface area (Å²) in [5, 5.41) is 12.2. The van der Waals surface area contributed by atoms with Crippen molar-refractivity contribution in [1.82, 2.24) is 0 Å². The van der Waals surface area contributed by atoms with Crippen molar-refractivity contribution in [1.29, 1.82) is 0 Å². The van der Waals surface area contributed by atoms with E-state index in [0.29, 0.717) is 11.3 Å². The van der Waals surface area contributed by atoms with Crippen LogP contribution in [0.1, 0.15) is 66.2 Å². The molecule has 0 spiro atoms. The van der Waals surface area contributed by atoms with Crippen LogP contribution in [0.15, 0.2) is 24.3 Å². The van der Waals surface area contributed by atoms with Gasteiger partial charge in [0.05, 0.1) is 0 Å². The van der Waals surface area contributed by atoms with E-state index in [4.69, 9.17) is 4.74 Å². The monoisotopic (exact) mass is 425 g/mol. The van der Waals surface area contributed by atoms with Gasteiger partial charge in [0.2, 0.25) is 0 Å². The molecule has 1 aromatic carbocycles. The second kappa shape index (κ2) is 7.26. The topological polar surface area (TPSA) is 52.4 Å². The molecule has 144 valence electrons. The normalized spacial score (nSPS) is 33.5. The van der Waals surface area contributed by atoms with E-state index in [9.17, 15) is 10.1 Å². The van der Waals surface area contributed by atoms with Crippen LogP contribution in [0, 0.1) is 21.4 Å². The Hall–Kier alpha value is -0.901. The van der Waals surface area contributed by atoms with Gasteiger partial charge in [-0.15, -0.1) is 0 Å². The molecule has 1 saturated carbocycles. The van der Waals surface area contributed by atoms with E-state index in [2.05, 4.69) is 27.7 Å². The molecule has 1 heterocycles. The number of fused-ring (bicyclic) bond motifs is 1. The molecule has 1 aliphatic carbocycles. The van der Waals surface area contributed by atoms with E-state index in [1.54, 1.807) is 12.1 Å². The summed E-state index contributed by atoms with van der Waals surface area (Å²) in [6, 6.07) is 7.17. The van der Waals surface area contributed by atoms with Crippen molar-refractivity contribution in [3.05, 3.63) is 34.4 Å². The summed E-state index contributed by atoms with van der Waals surface area (Å²) in [4.78, 5) is 10.9. The number of benzene rings is 1. The Morgan fingerprint density at radius 1 is 1.19 bits per heavy atom. The number of nitro benzene ring substituents is 1. The Kier molecular flexibility index (Phi) is 5.54. The Labute approximate surface area is 163 Å². The van der Waals surface area contributed by atoms with Crippen molar-refractivity contribution < 1.29 is 9.66 Å². The van der Waals surface area contributed by atoms with Gasteiger partial charge in [-0.05, 0) is 0 Å². The third kappa shape index (κ3) is 4.00. The zero-order chi connectivity index (χ0) is 19.0. The number of hydrogen-bond acceptors (Lipinski definition) is 3. The van der Waals surface area contributed by atoms with Gasteiger partial charge in [-0.25, -0.2) is 0 Å². The van der Waals surface area contributed by atoms with Crippen molar-refractivity contribution in [2.24, 2.45) is 11.3 Å². The van der Waals surface area contributed by atoms with Crippen molar-refractivity contribution in [3.8, 4) is 0 Å². The van der Waals surface area contributed by atoms with Gasteiger partial charge in [0.15, 0.2) is 0 Å². The molecule has 0 amide bonds. The molecule has 0 radical (unpaired) electrons. The fraction of sp³-hybridized carbons (Fsp3) is 0.714. The number of hydrogen-bond donors (Lipinski definition) is 0. The predicted octanol–water partition coefficient (Wildman–Crippen LogP) is 4.89. The summed E-state index contributed by atoms with van der Waals surface area (Å²) in [7, 11) is 0. The van der Waals surface area contributed by atoms with Gasteiger partial charge in [0.1, 0.15) is 0 Å². The van der Waals surface area contributed by atoms with Crippen LogP contribution < -0.4 is 4.46 Å². The molecule has 0 unspecified atom stereocenters. The zero-order valence-electron chi connectivity index (χ0n) is 16.4. The quantitative estimate of drug-likeness (QED) is 0.384. The van der Waals surface area contributed by atoms with Crippen LogP contribution in [0.3, 0.4) is 0 Å². The van der Waals surface area contributed by atoms with Gasteiger partial charge < -0.3 is 0 Å². The number of nitrogens with zero attached hydrogens (tertiary/aromatic N) is 1. The van der Waals surface area contributed by atoms with E-state index >= 15 is 0 Å². The second-order valence-electron chi connectivity index (χ2n) is 9.12. The Morgan fingerprint density at radius 2 is 1.92 bits per heavy atom. The molecule has 26 heavy (non-hydrogen) atoms. The first-order valence-electron chi connectivity index (χ1n) is 9.72.